The predicted octanol–water partition coefficient (Wildman–Crippen LogP) is 8.78. The number of hydrogen-bond acceptors (Lipinski definition) is 4. The summed E-state index contributed by atoms with van der Waals surface area (Å²) in [5.74, 6) is 1.80. The van der Waals surface area contributed by atoms with E-state index in [0.29, 0.717) is 0 Å². The summed E-state index contributed by atoms with van der Waals surface area (Å²) in [6, 6.07) is 17.2. The molecule has 0 atom stereocenters. The van der Waals surface area contributed by atoms with Crippen LogP contribution in [0.1, 0.15) is 115 Å². The van der Waals surface area contributed by atoms with Gasteiger partial charge in [0.15, 0.2) is 0 Å². The van der Waals surface area contributed by atoms with Crippen LogP contribution in [0, 0.1) is 13.8 Å². The summed E-state index contributed by atoms with van der Waals surface area (Å²) in [7, 11) is 0. The molecule has 208 valence electrons. The van der Waals surface area contributed by atoms with Crippen LogP contribution in [0.4, 0.5) is 0 Å². The Morgan fingerprint density at radius 1 is 0.600 bits per heavy atom. The van der Waals surface area contributed by atoms with E-state index in [9.17, 15) is 0 Å². The fourth-order valence-electron chi connectivity index (χ4n) is 6.33. The van der Waals surface area contributed by atoms with Crippen molar-refractivity contribution in [3.63, 3.8) is 0 Å². The van der Waals surface area contributed by atoms with Crippen LogP contribution in [0.5, 0.6) is 0 Å². The first-order valence-electron chi connectivity index (χ1n) is 14.4. The zero-order chi connectivity index (χ0) is 29.4. The average Bonchev–Trinajstić information content (AvgIpc) is 3.23. The van der Waals surface area contributed by atoms with E-state index in [1.807, 2.05) is 6.92 Å². The van der Waals surface area contributed by atoms with E-state index in [1.54, 1.807) is 0 Å². The summed E-state index contributed by atoms with van der Waals surface area (Å²) in [5, 5.41) is 0. The van der Waals surface area contributed by atoms with Gasteiger partial charge < -0.3 is 0 Å². The minimum Gasteiger partial charge on any atom is -0.237 e. The summed E-state index contributed by atoms with van der Waals surface area (Å²) in [6.45, 7) is 26.4. The number of aromatic nitrogens is 4. The summed E-state index contributed by atoms with van der Waals surface area (Å²) in [5.41, 5.74) is 12.3. The Bertz CT molecular complexity index is 1630. The monoisotopic (exact) mass is 532 g/mol. The molecule has 2 aliphatic carbocycles. The molecule has 0 saturated carbocycles. The second-order valence-electron chi connectivity index (χ2n) is 14.5. The molecule has 2 aliphatic rings. The van der Waals surface area contributed by atoms with Crippen LogP contribution in [-0.2, 0) is 21.7 Å². The van der Waals surface area contributed by atoms with Gasteiger partial charge in [0.05, 0.1) is 17.1 Å². The molecule has 0 unspecified atom stereocenters. The van der Waals surface area contributed by atoms with Crippen molar-refractivity contribution in [2.75, 3.05) is 0 Å². The van der Waals surface area contributed by atoms with Crippen molar-refractivity contribution < 1.29 is 0 Å². The fraction of sp³-hybridized carbons (Fsp3) is 0.444. The highest BCUT2D eigenvalue weighted by molar-refractivity contribution is 5.81. The Kier molecular flexibility index (Phi) is 6.37. The zero-order valence-corrected chi connectivity index (χ0v) is 26.4. The number of hydrogen-bond donors (Lipinski definition) is 0. The van der Waals surface area contributed by atoms with Crippen LogP contribution in [0.3, 0.4) is 0 Å². The van der Waals surface area contributed by atoms with Crippen LogP contribution in [0.15, 0.2) is 48.5 Å². The van der Waals surface area contributed by atoms with Gasteiger partial charge in [0.25, 0.3) is 0 Å². The molecular formula is C36H44N4. The van der Waals surface area contributed by atoms with Gasteiger partial charge in [0, 0.05) is 44.0 Å². The molecule has 0 bridgehead atoms. The molecule has 4 aromatic rings. The van der Waals surface area contributed by atoms with Gasteiger partial charge in [-0.1, -0.05) is 118 Å². The number of aryl methyl sites for hydroxylation is 2. The molecule has 0 aliphatic heterocycles. The Labute approximate surface area is 240 Å². The first-order chi connectivity index (χ1) is 18.5. The number of rotatable bonds is 0. The van der Waals surface area contributed by atoms with E-state index in [4.69, 9.17) is 19.9 Å². The van der Waals surface area contributed by atoms with Crippen molar-refractivity contribution in [1.29, 1.82) is 0 Å². The Hall–Kier alpha value is -3.40. The molecule has 0 fully saturated rings. The lowest BCUT2D eigenvalue weighted by Crippen LogP contribution is -2.25. The summed E-state index contributed by atoms with van der Waals surface area (Å²) in [4.78, 5) is 19.2. The van der Waals surface area contributed by atoms with Gasteiger partial charge >= 0.3 is 0 Å². The van der Waals surface area contributed by atoms with Crippen molar-refractivity contribution in [2.45, 2.75) is 105 Å². The largest absolute Gasteiger partial charge is 0.237 e. The van der Waals surface area contributed by atoms with Crippen LogP contribution in [0.2, 0.25) is 0 Å². The van der Waals surface area contributed by atoms with Gasteiger partial charge in [-0.15, -0.1) is 0 Å². The van der Waals surface area contributed by atoms with Gasteiger partial charge in [-0.2, -0.15) is 0 Å². The first-order valence-corrected chi connectivity index (χ1v) is 14.4. The normalized spacial score (nSPS) is 15.9. The second-order valence-corrected chi connectivity index (χ2v) is 14.5. The molecular weight excluding hydrogens is 488 g/mol. The summed E-state index contributed by atoms with van der Waals surface area (Å²) < 4.78 is 0. The van der Waals surface area contributed by atoms with Crippen LogP contribution in [-0.4, -0.2) is 19.9 Å². The van der Waals surface area contributed by atoms with Crippen LogP contribution < -0.4 is 0 Å². The Balaban J connectivity index is 0.000000161. The smallest absolute Gasteiger partial charge is 0.134 e. The summed E-state index contributed by atoms with van der Waals surface area (Å²) in [6.07, 6.45) is 0. The predicted molar refractivity (Wildman–Crippen MR) is 166 cm³/mol. The minimum atomic E-state index is -0.0420. The van der Waals surface area contributed by atoms with Gasteiger partial charge in [-0.3, -0.25) is 0 Å². The fourth-order valence-corrected chi connectivity index (χ4v) is 6.33. The minimum absolute atomic E-state index is 0.0232. The van der Waals surface area contributed by atoms with Gasteiger partial charge in [0.1, 0.15) is 11.6 Å². The zero-order valence-electron chi connectivity index (χ0n) is 26.4. The quantitative estimate of drug-likeness (QED) is 0.227. The summed E-state index contributed by atoms with van der Waals surface area (Å²) >= 11 is 0. The van der Waals surface area contributed by atoms with Crippen LogP contribution in [0.25, 0.3) is 22.4 Å². The Morgan fingerprint density at radius 3 is 1.73 bits per heavy atom. The lowest BCUT2D eigenvalue weighted by atomic mass is 9.77. The SMILES string of the molecule is Cc1nc(C(C)(C)C)nc2c1-c1ccccc1C2(C)C.Cc1nc2c(c(C(C)(C)C)n1)C(C)(C)c1ccccc1-2. The average molecular weight is 533 g/mol. The molecule has 0 spiro atoms. The molecule has 40 heavy (non-hydrogen) atoms. The molecule has 0 N–H and O–H groups in total. The van der Waals surface area contributed by atoms with Crippen molar-refractivity contribution >= 4 is 0 Å². The molecule has 2 aromatic carbocycles. The molecule has 2 heterocycles. The van der Waals surface area contributed by atoms with Gasteiger partial charge in [-0.25, -0.2) is 19.9 Å². The molecule has 2 aromatic heterocycles. The van der Waals surface area contributed by atoms with Gasteiger partial charge in [0.2, 0.25) is 0 Å². The van der Waals surface area contributed by atoms with Crippen molar-refractivity contribution in [1.82, 2.24) is 19.9 Å². The third-order valence-corrected chi connectivity index (χ3v) is 8.43. The molecule has 0 radical (unpaired) electrons. The molecule has 6 rings (SSSR count). The lowest BCUT2D eigenvalue weighted by Gasteiger charge is -2.28. The molecule has 0 amide bonds. The second kappa shape index (κ2) is 9.06. The maximum atomic E-state index is 4.94. The Morgan fingerprint density at radius 2 is 1.15 bits per heavy atom. The van der Waals surface area contributed by atoms with E-state index in [0.717, 1.165) is 23.0 Å². The van der Waals surface area contributed by atoms with Crippen molar-refractivity contribution in [3.8, 4) is 22.4 Å². The third kappa shape index (κ3) is 4.36. The van der Waals surface area contributed by atoms with Crippen LogP contribution >= 0.6 is 0 Å². The standard InChI is InChI=1S/2C18H22N2/c1-11-19-15-12-9-7-8-10-13(12)18(5,6)14(15)16(20-11)17(2,3)4;1-11-14-12-9-7-8-10-13(12)18(5,6)15(14)20-16(19-11)17(2,3)4/h2*7-10H,1-6H3. The van der Waals surface area contributed by atoms with E-state index in [2.05, 4.69) is 125 Å². The van der Waals surface area contributed by atoms with Gasteiger partial charge in [-0.05, 0) is 30.5 Å². The van der Waals surface area contributed by atoms with Crippen molar-refractivity contribution in [2.24, 2.45) is 0 Å². The molecule has 4 nitrogen and oxygen atoms in total. The lowest BCUT2D eigenvalue weighted by molar-refractivity contribution is 0.528. The topological polar surface area (TPSA) is 51.6 Å². The maximum absolute atomic E-state index is 4.94. The number of benzene rings is 2. The third-order valence-electron chi connectivity index (χ3n) is 8.43. The highest BCUT2D eigenvalue weighted by Gasteiger charge is 2.42. The highest BCUT2D eigenvalue weighted by atomic mass is 14.9. The first kappa shape index (κ1) is 28.1. The molecule has 0 saturated heterocycles. The van der Waals surface area contributed by atoms with E-state index >= 15 is 0 Å². The highest BCUT2D eigenvalue weighted by Crippen LogP contribution is 2.51. The van der Waals surface area contributed by atoms with E-state index < -0.39 is 0 Å². The maximum Gasteiger partial charge on any atom is 0.134 e. The van der Waals surface area contributed by atoms with E-state index in [-0.39, 0.29) is 21.7 Å². The number of fused-ring (bicyclic) bond motifs is 6. The number of nitrogens with zero attached hydrogens (tertiary/aromatic N) is 4. The molecule has 4 heteroatoms. The van der Waals surface area contributed by atoms with Crippen molar-refractivity contribution in [3.05, 3.63) is 94.0 Å². The van der Waals surface area contributed by atoms with E-state index in [1.165, 1.54) is 44.8 Å².